The van der Waals surface area contributed by atoms with Gasteiger partial charge in [-0.2, -0.15) is 5.10 Å². The maximum Gasteiger partial charge on any atom is 0.104 e. The summed E-state index contributed by atoms with van der Waals surface area (Å²) in [5.41, 5.74) is 9.87. The van der Waals surface area contributed by atoms with Crippen molar-refractivity contribution in [3.05, 3.63) is 24.2 Å². The van der Waals surface area contributed by atoms with E-state index in [1.54, 1.807) is 0 Å². The fourth-order valence-corrected chi connectivity index (χ4v) is 5.13. The summed E-state index contributed by atoms with van der Waals surface area (Å²) in [5, 5.41) is 7.01. The van der Waals surface area contributed by atoms with Crippen LogP contribution in [0.2, 0.25) is 0 Å². The van der Waals surface area contributed by atoms with Gasteiger partial charge in [-0.3, -0.25) is 10.00 Å². The second kappa shape index (κ2) is 8.48. The zero-order chi connectivity index (χ0) is 18.6. The van der Waals surface area contributed by atoms with Crippen LogP contribution < -0.4 is 5.73 Å². The van der Waals surface area contributed by atoms with Crippen molar-refractivity contribution in [1.82, 2.24) is 20.1 Å². The van der Waals surface area contributed by atoms with E-state index < -0.39 is 0 Å². The van der Waals surface area contributed by atoms with Crippen LogP contribution in [0.5, 0.6) is 0 Å². The summed E-state index contributed by atoms with van der Waals surface area (Å²) in [5.74, 6) is 2.31. The molecule has 0 amide bonds. The molecule has 148 valence electrons. The lowest BCUT2D eigenvalue weighted by molar-refractivity contribution is 0.00220. The molecule has 1 aliphatic heterocycles. The lowest BCUT2D eigenvalue weighted by Crippen LogP contribution is -2.45. The van der Waals surface area contributed by atoms with Gasteiger partial charge < -0.3 is 15.5 Å². The molecule has 1 unspecified atom stereocenters. The molecule has 1 aliphatic carbocycles. The van der Waals surface area contributed by atoms with Gasteiger partial charge in [0, 0.05) is 48.2 Å². The second-order valence-corrected chi connectivity index (χ2v) is 8.17. The highest BCUT2D eigenvalue weighted by atomic mass is 16.5. The zero-order valence-corrected chi connectivity index (χ0v) is 16.4. The summed E-state index contributed by atoms with van der Waals surface area (Å²) in [7, 11) is 0. The van der Waals surface area contributed by atoms with Gasteiger partial charge in [0.15, 0.2) is 0 Å². The van der Waals surface area contributed by atoms with E-state index in [1.165, 1.54) is 43.2 Å². The molecular weight excluding hydrogens is 338 g/mol. The summed E-state index contributed by atoms with van der Waals surface area (Å²) < 4.78 is 5.52. The first-order valence-electron chi connectivity index (χ1n) is 10.5. The van der Waals surface area contributed by atoms with Gasteiger partial charge in [0.2, 0.25) is 0 Å². The molecule has 1 saturated carbocycles. The van der Waals surface area contributed by atoms with Gasteiger partial charge >= 0.3 is 0 Å². The van der Waals surface area contributed by atoms with Crippen molar-refractivity contribution in [2.45, 2.75) is 51.5 Å². The minimum atomic E-state index is 0.694. The molecule has 3 heterocycles. The first-order chi connectivity index (χ1) is 13.3. The fraction of sp³-hybridized carbons (Fsp3) is 0.667. The first-order valence-corrected chi connectivity index (χ1v) is 10.5. The summed E-state index contributed by atoms with van der Waals surface area (Å²) in [6.07, 6.45) is 13.5. The van der Waals surface area contributed by atoms with Gasteiger partial charge in [-0.25, -0.2) is 0 Å². The average Bonchev–Trinajstić information content (AvgIpc) is 3.37. The van der Waals surface area contributed by atoms with E-state index in [2.05, 4.69) is 27.0 Å². The largest absolute Gasteiger partial charge is 0.385 e. The molecule has 0 spiro atoms. The number of nitrogens with one attached hydrogen (secondary N) is 2. The van der Waals surface area contributed by atoms with Crippen molar-refractivity contribution in [2.75, 3.05) is 32.0 Å². The van der Waals surface area contributed by atoms with Crippen LogP contribution in [-0.4, -0.2) is 52.4 Å². The van der Waals surface area contributed by atoms with Gasteiger partial charge in [0.05, 0.1) is 19.4 Å². The van der Waals surface area contributed by atoms with E-state index in [-0.39, 0.29) is 0 Å². The van der Waals surface area contributed by atoms with E-state index in [0.717, 1.165) is 56.1 Å². The Morgan fingerprint density at radius 3 is 2.67 bits per heavy atom. The van der Waals surface area contributed by atoms with Crippen molar-refractivity contribution in [1.29, 1.82) is 0 Å². The smallest absolute Gasteiger partial charge is 0.104 e. The third-order valence-electron chi connectivity index (χ3n) is 6.79. The molecule has 4 N–H and O–H groups in total. The normalized spacial score (nSPS) is 25.5. The topological polar surface area (TPSA) is 83.0 Å². The van der Waals surface area contributed by atoms with Crippen molar-refractivity contribution < 1.29 is 4.74 Å². The second-order valence-electron chi connectivity index (χ2n) is 8.17. The third-order valence-corrected chi connectivity index (χ3v) is 6.79. The number of hydrogen-bond donors (Lipinski definition) is 3. The Morgan fingerprint density at radius 2 is 2.00 bits per heavy atom. The molecule has 27 heavy (non-hydrogen) atoms. The Morgan fingerprint density at radius 1 is 1.22 bits per heavy atom. The number of anilines is 1. The molecule has 0 bridgehead atoms. The molecule has 2 aliphatic rings. The zero-order valence-electron chi connectivity index (χ0n) is 16.4. The Kier molecular flexibility index (Phi) is 5.83. The standard InChI is InChI=1S/C21H33N5O/c1-2-15(11-19-20(14-23-21(19)22)17-12-24-25-13-17)16-3-5-18(6-4-16)26-7-9-27-10-8-26/h12-16,18,23H,2-11,22H2,1H3,(H,24,25). The number of hydrogen-bond acceptors (Lipinski definition) is 4. The fourth-order valence-electron chi connectivity index (χ4n) is 5.13. The lowest BCUT2D eigenvalue weighted by Gasteiger charge is -2.40. The van der Waals surface area contributed by atoms with Crippen molar-refractivity contribution in [3.8, 4) is 11.1 Å². The SMILES string of the molecule is CCC(Cc1c(-c2cn[nH]c2)c[nH]c1N)C1CCC(N2CCOCC2)CC1. The molecule has 2 aromatic heterocycles. The highest BCUT2D eigenvalue weighted by Gasteiger charge is 2.31. The lowest BCUT2D eigenvalue weighted by atomic mass is 9.74. The van der Waals surface area contributed by atoms with Crippen LogP contribution in [-0.2, 0) is 11.2 Å². The van der Waals surface area contributed by atoms with Gasteiger partial charge in [-0.1, -0.05) is 13.3 Å². The summed E-state index contributed by atoms with van der Waals surface area (Å²) >= 11 is 0. The molecule has 1 saturated heterocycles. The predicted molar refractivity (Wildman–Crippen MR) is 108 cm³/mol. The summed E-state index contributed by atoms with van der Waals surface area (Å²) in [4.78, 5) is 5.88. The van der Waals surface area contributed by atoms with Crippen molar-refractivity contribution in [2.24, 2.45) is 11.8 Å². The average molecular weight is 372 g/mol. The first kappa shape index (κ1) is 18.6. The van der Waals surface area contributed by atoms with Crippen LogP contribution in [0, 0.1) is 11.8 Å². The highest BCUT2D eigenvalue weighted by molar-refractivity contribution is 5.71. The van der Waals surface area contributed by atoms with Crippen molar-refractivity contribution in [3.63, 3.8) is 0 Å². The number of rotatable bonds is 6. The Bertz CT molecular complexity index is 696. The van der Waals surface area contributed by atoms with Crippen LogP contribution in [0.1, 0.15) is 44.6 Å². The van der Waals surface area contributed by atoms with Gasteiger partial charge in [-0.05, 0) is 43.9 Å². The van der Waals surface area contributed by atoms with E-state index in [4.69, 9.17) is 10.5 Å². The molecule has 2 aromatic rings. The Labute approximate surface area is 161 Å². The molecule has 2 fully saturated rings. The summed E-state index contributed by atoms with van der Waals surface area (Å²) in [6, 6.07) is 0.765. The van der Waals surface area contributed by atoms with E-state index in [1.807, 2.05) is 18.6 Å². The molecule has 0 radical (unpaired) electrons. The number of nitrogens with zero attached hydrogens (tertiary/aromatic N) is 2. The number of nitrogens with two attached hydrogens (primary N) is 1. The minimum absolute atomic E-state index is 0.694. The predicted octanol–water partition coefficient (Wildman–Crippen LogP) is 3.45. The van der Waals surface area contributed by atoms with Crippen molar-refractivity contribution >= 4 is 5.82 Å². The van der Waals surface area contributed by atoms with Gasteiger partial charge in [0.1, 0.15) is 5.82 Å². The maximum atomic E-state index is 6.29. The molecule has 0 aromatic carbocycles. The minimum Gasteiger partial charge on any atom is -0.385 e. The number of morpholine rings is 1. The van der Waals surface area contributed by atoms with Crippen LogP contribution in [0.25, 0.3) is 11.1 Å². The molecule has 4 rings (SSSR count). The molecule has 6 nitrogen and oxygen atoms in total. The molecule has 6 heteroatoms. The molecular formula is C21H33N5O. The number of H-pyrrole nitrogens is 2. The van der Waals surface area contributed by atoms with Crippen LogP contribution in [0.4, 0.5) is 5.82 Å². The Balaban J connectivity index is 1.40. The van der Waals surface area contributed by atoms with E-state index in [9.17, 15) is 0 Å². The number of aromatic amines is 2. The highest BCUT2D eigenvalue weighted by Crippen LogP contribution is 2.38. The quantitative estimate of drug-likeness (QED) is 0.726. The van der Waals surface area contributed by atoms with Gasteiger partial charge in [0.25, 0.3) is 0 Å². The maximum absolute atomic E-state index is 6.29. The van der Waals surface area contributed by atoms with Crippen LogP contribution in [0.3, 0.4) is 0 Å². The molecule has 1 atom stereocenters. The number of aromatic nitrogens is 3. The van der Waals surface area contributed by atoms with Crippen LogP contribution >= 0.6 is 0 Å². The monoisotopic (exact) mass is 371 g/mol. The third kappa shape index (κ3) is 4.06. The number of ether oxygens (including phenoxy) is 1. The van der Waals surface area contributed by atoms with Gasteiger partial charge in [-0.15, -0.1) is 0 Å². The summed E-state index contributed by atoms with van der Waals surface area (Å²) in [6.45, 7) is 6.36. The van der Waals surface area contributed by atoms with E-state index >= 15 is 0 Å². The number of nitrogen functional groups attached to an aromatic ring is 1. The van der Waals surface area contributed by atoms with E-state index in [0.29, 0.717) is 5.92 Å². The Hall–Kier alpha value is -1.79. The van der Waals surface area contributed by atoms with Crippen LogP contribution in [0.15, 0.2) is 18.6 Å².